The molecule has 30 heavy (non-hydrogen) atoms. The predicted octanol–water partition coefficient (Wildman–Crippen LogP) is 0.224. The van der Waals surface area contributed by atoms with Gasteiger partial charge in [-0.15, -0.1) is 0 Å². The van der Waals surface area contributed by atoms with Crippen LogP contribution in [0.25, 0.3) is 0 Å². The van der Waals surface area contributed by atoms with Crippen molar-refractivity contribution in [2.75, 3.05) is 12.3 Å². The summed E-state index contributed by atoms with van der Waals surface area (Å²) in [4.78, 5) is 26.1. The second-order valence-electron chi connectivity index (χ2n) is 7.23. The zero-order valence-electron chi connectivity index (χ0n) is 17.8. The third kappa shape index (κ3) is 11.2. The van der Waals surface area contributed by atoms with Crippen molar-refractivity contribution in [3.05, 3.63) is 35.9 Å². The smallest absolute Gasteiger partial charge is 0.302 e. The third-order valence-corrected chi connectivity index (χ3v) is 5.56. The van der Waals surface area contributed by atoms with Crippen LogP contribution in [0, 0.1) is 0 Å². The number of carbonyl (C=O) groups is 2. The molecule has 0 fully saturated rings. The molecule has 0 radical (unpaired) electrons. The molecule has 2 rings (SSSR count). The van der Waals surface area contributed by atoms with Crippen molar-refractivity contribution in [1.82, 2.24) is 5.32 Å². The maximum atomic E-state index is 11.9. The lowest BCUT2D eigenvalue weighted by atomic mass is 10.0. The standard InChI is InChI=1S/C19H29NO4.C3H6N2S/c1-2-3-4-5-6-7-11-14-16(21)20-17(19(23)24)18(22)15-12-9-8-10-13-15;4-3-5-1-2-6-3/h8-10,12-13,17-18,22H,2-7,11,14H2,1H3,(H,20,21)(H,23,24);1-2H2,(H2,4,5). The van der Waals surface area contributed by atoms with Gasteiger partial charge in [-0.2, -0.15) is 0 Å². The first-order valence-electron chi connectivity index (χ1n) is 10.7. The molecule has 1 aliphatic heterocycles. The summed E-state index contributed by atoms with van der Waals surface area (Å²) in [6.07, 6.45) is 6.54. The van der Waals surface area contributed by atoms with Gasteiger partial charge in [0.15, 0.2) is 0 Å². The first-order chi connectivity index (χ1) is 14.5. The van der Waals surface area contributed by atoms with Gasteiger partial charge in [-0.25, -0.2) is 0 Å². The quantitative estimate of drug-likeness (QED) is 0.346. The Morgan fingerprint density at radius 2 is 1.80 bits per heavy atom. The minimum atomic E-state index is -1.49. The lowest BCUT2D eigenvalue weighted by molar-refractivity contribution is -0.445. The number of thioether (sulfide) groups is 1. The fourth-order valence-electron chi connectivity index (χ4n) is 2.98. The predicted molar refractivity (Wildman–Crippen MR) is 118 cm³/mol. The van der Waals surface area contributed by atoms with Crippen molar-refractivity contribution in [2.24, 2.45) is 5.73 Å². The molecule has 0 aromatic heterocycles. The third-order valence-electron chi connectivity index (χ3n) is 4.69. The number of carbonyl (C=O) groups excluding carboxylic acids is 2. The van der Waals surface area contributed by atoms with Crippen molar-refractivity contribution in [3.63, 3.8) is 0 Å². The maximum absolute atomic E-state index is 11.9. The lowest BCUT2D eigenvalue weighted by Crippen LogP contribution is -2.71. The Morgan fingerprint density at radius 3 is 2.30 bits per heavy atom. The number of aliphatic carboxylic acids is 1. The Balaban J connectivity index is 0.000000637. The molecule has 0 bridgehead atoms. The molecule has 5 N–H and O–H groups in total. The van der Waals surface area contributed by atoms with E-state index in [0.29, 0.717) is 5.56 Å². The molecule has 1 aromatic carbocycles. The van der Waals surface area contributed by atoms with E-state index < -0.39 is 18.1 Å². The molecule has 0 spiro atoms. The van der Waals surface area contributed by atoms with Gasteiger partial charge in [0.1, 0.15) is 6.10 Å². The van der Waals surface area contributed by atoms with E-state index in [1.54, 1.807) is 42.1 Å². The minimum Gasteiger partial charge on any atom is -0.548 e. The van der Waals surface area contributed by atoms with Gasteiger partial charge >= 0.3 is 5.17 Å². The summed E-state index contributed by atoms with van der Waals surface area (Å²) in [5.74, 6) is -0.724. The summed E-state index contributed by atoms with van der Waals surface area (Å²) < 4.78 is 0. The van der Waals surface area contributed by atoms with Gasteiger partial charge in [0.2, 0.25) is 5.91 Å². The van der Waals surface area contributed by atoms with Crippen molar-refractivity contribution >= 4 is 28.8 Å². The number of benzene rings is 1. The number of nitrogens with two attached hydrogens (primary N) is 1. The largest absolute Gasteiger partial charge is 0.548 e. The molecule has 0 aliphatic carbocycles. The number of aliphatic hydroxyl groups excluding tert-OH is 1. The topological polar surface area (TPSA) is 129 Å². The van der Waals surface area contributed by atoms with E-state index in [1.165, 1.54) is 25.7 Å². The van der Waals surface area contributed by atoms with E-state index in [0.717, 1.165) is 36.7 Å². The molecule has 7 nitrogen and oxygen atoms in total. The molecule has 1 aliphatic rings. The Hall–Kier alpha value is -2.06. The Morgan fingerprint density at radius 1 is 1.17 bits per heavy atom. The summed E-state index contributed by atoms with van der Waals surface area (Å²) in [5.41, 5.74) is 5.74. The number of carboxylic acids is 1. The molecule has 1 amide bonds. The summed E-state index contributed by atoms with van der Waals surface area (Å²) in [6, 6.07) is 6.95. The molecule has 168 valence electrons. The fourth-order valence-corrected chi connectivity index (χ4v) is 3.61. The van der Waals surface area contributed by atoms with Gasteiger partial charge in [0.25, 0.3) is 0 Å². The van der Waals surface area contributed by atoms with E-state index in [9.17, 15) is 19.8 Å². The second-order valence-corrected chi connectivity index (χ2v) is 8.37. The van der Waals surface area contributed by atoms with Crippen LogP contribution in [0.15, 0.2) is 30.3 Å². The van der Waals surface area contributed by atoms with Gasteiger partial charge in [0, 0.05) is 12.2 Å². The van der Waals surface area contributed by atoms with Crippen molar-refractivity contribution in [1.29, 1.82) is 0 Å². The van der Waals surface area contributed by atoms with Crippen LogP contribution in [-0.4, -0.2) is 40.5 Å². The van der Waals surface area contributed by atoms with Crippen LogP contribution in [-0.2, 0) is 9.59 Å². The average molecular weight is 438 g/mol. The van der Waals surface area contributed by atoms with Crippen LogP contribution in [0.1, 0.15) is 70.0 Å². The number of hydrogen-bond acceptors (Lipinski definition) is 6. The monoisotopic (exact) mass is 437 g/mol. The highest BCUT2D eigenvalue weighted by Crippen LogP contribution is 2.16. The molecule has 1 aromatic rings. The Labute approximate surface area is 183 Å². The van der Waals surface area contributed by atoms with Crippen LogP contribution in [0.3, 0.4) is 0 Å². The second kappa shape index (κ2) is 15.7. The molecular formula is C22H35N3O4S. The highest BCUT2D eigenvalue weighted by Gasteiger charge is 2.23. The minimum absolute atomic E-state index is 0.263. The number of rotatable bonds is 12. The number of carboxylic acid groups (broad SMARTS) is 1. The van der Waals surface area contributed by atoms with E-state index >= 15 is 0 Å². The van der Waals surface area contributed by atoms with Gasteiger partial charge in [-0.1, -0.05) is 75.8 Å². The molecule has 0 saturated carbocycles. The summed E-state index contributed by atoms with van der Waals surface area (Å²) >= 11 is 1.68. The molecule has 0 saturated heterocycles. The van der Waals surface area contributed by atoms with E-state index in [-0.39, 0.29) is 12.3 Å². The van der Waals surface area contributed by atoms with Crippen LogP contribution in [0.2, 0.25) is 0 Å². The number of hydrogen-bond donors (Lipinski definition) is 4. The normalized spacial score (nSPS) is 14.8. The summed E-state index contributed by atoms with van der Waals surface area (Å²) in [6.45, 7) is 3.21. The number of amides is 1. The lowest BCUT2D eigenvalue weighted by Gasteiger charge is -2.25. The molecule has 1 heterocycles. The fraction of sp³-hybridized carbons (Fsp3) is 0.591. The maximum Gasteiger partial charge on any atom is 0.302 e. The van der Waals surface area contributed by atoms with E-state index in [1.807, 2.05) is 0 Å². The first-order valence-corrected chi connectivity index (χ1v) is 11.7. The summed E-state index contributed by atoms with van der Waals surface area (Å²) in [5, 5.41) is 24.6. The van der Waals surface area contributed by atoms with Crippen molar-refractivity contribution < 1.29 is 24.8 Å². The van der Waals surface area contributed by atoms with Gasteiger partial charge in [0.05, 0.1) is 18.6 Å². The molecule has 8 heteroatoms. The first kappa shape index (κ1) is 26.0. The van der Waals surface area contributed by atoms with Crippen molar-refractivity contribution in [3.8, 4) is 0 Å². The Kier molecular flexibility index (Phi) is 13.6. The van der Waals surface area contributed by atoms with Crippen molar-refractivity contribution in [2.45, 2.75) is 70.4 Å². The van der Waals surface area contributed by atoms with Gasteiger partial charge in [-0.05, 0) is 23.7 Å². The molecule has 2 atom stereocenters. The van der Waals surface area contributed by atoms with E-state index in [2.05, 4.69) is 17.2 Å². The number of unbranched alkanes of at least 4 members (excludes halogenated alkanes) is 6. The highest BCUT2D eigenvalue weighted by molar-refractivity contribution is 8.13. The average Bonchev–Trinajstić information content (AvgIpc) is 3.22. The van der Waals surface area contributed by atoms with Gasteiger partial charge < -0.3 is 20.3 Å². The number of amidine groups is 1. The van der Waals surface area contributed by atoms with E-state index in [4.69, 9.17) is 5.73 Å². The summed E-state index contributed by atoms with van der Waals surface area (Å²) in [7, 11) is 0. The zero-order valence-corrected chi connectivity index (χ0v) is 18.6. The van der Waals surface area contributed by atoms with Crippen LogP contribution in [0.5, 0.6) is 0 Å². The highest BCUT2D eigenvalue weighted by atomic mass is 32.2. The van der Waals surface area contributed by atoms with Crippen LogP contribution < -0.4 is 21.1 Å². The van der Waals surface area contributed by atoms with Crippen LogP contribution >= 0.6 is 11.8 Å². The van der Waals surface area contributed by atoms with Gasteiger partial charge in [-0.3, -0.25) is 15.5 Å². The Bertz CT molecular complexity index is 655. The van der Waals surface area contributed by atoms with Crippen LogP contribution in [0.4, 0.5) is 0 Å². The number of nitrogens with one attached hydrogen (secondary N) is 2. The molecular weight excluding hydrogens is 402 g/mol. The number of aliphatic hydroxyl groups is 1. The molecule has 2 unspecified atom stereocenters. The zero-order chi connectivity index (χ0) is 22.2. The SMILES string of the molecule is CCCCCCCCCC(=O)NC(C(=O)[O-])C(O)c1ccccc1.NC1=[NH+]CCS1.